The van der Waals surface area contributed by atoms with Gasteiger partial charge in [-0.25, -0.2) is 4.39 Å². The van der Waals surface area contributed by atoms with E-state index in [4.69, 9.17) is 5.26 Å². The summed E-state index contributed by atoms with van der Waals surface area (Å²) in [6, 6.07) is 16.8. The van der Waals surface area contributed by atoms with Gasteiger partial charge in [0.2, 0.25) is 5.91 Å². The van der Waals surface area contributed by atoms with Crippen LogP contribution in [0.25, 0.3) is 0 Å². The molecule has 2 fully saturated rings. The molecule has 1 aliphatic heterocycles. The van der Waals surface area contributed by atoms with Crippen LogP contribution in [-0.4, -0.2) is 59.4 Å². The lowest BCUT2D eigenvalue weighted by Crippen LogP contribution is -2.50. The molecular formula is C24H27FN4O. The molecule has 2 aromatic carbocycles. The second-order valence-corrected chi connectivity index (χ2v) is 8.21. The molecule has 0 spiro atoms. The van der Waals surface area contributed by atoms with Gasteiger partial charge in [0.05, 0.1) is 18.2 Å². The van der Waals surface area contributed by atoms with Gasteiger partial charge in [0.15, 0.2) is 0 Å². The van der Waals surface area contributed by atoms with Gasteiger partial charge in [-0.15, -0.1) is 0 Å². The van der Waals surface area contributed by atoms with Crippen molar-refractivity contribution in [1.29, 1.82) is 5.26 Å². The number of benzene rings is 2. The summed E-state index contributed by atoms with van der Waals surface area (Å²) in [6.45, 7) is 5.12. The number of piperazine rings is 1. The molecule has 1 saturated heterocycles. The van der Waals surface area contributed by atoms with Gasteiger partial charge < -0.3 is 4.90 Å². The molecule has 1 saturated carbocycles. The average Bonchev–Trinajstić information content (AvgIpc) is 3.60. The van der Waals surface area contributed by atoms with Crippen molar-refractivity contribution in [3.63, 3.8) is 0 Å². The number of rotatable bonds is 7. The summed E-state index contributed by atoms with van der Waals surface area (Å²) in [5.74, 6) is -0.145. The van der Waals surface area contributed by atoms with Crippen molar-refractivity contribution in [3.8, 4) is 6.07 Å². The average molecular weight is 407 g/mol. The fourth-order valence-corrected chi connectivity index (χ4v) is 3.95. The van der Waals surface area contributed by atoms with Gasteiger partial charge in [-0.3, -0.25) is 14.6 Å². The number of hydrogen-bond donors (Lipinski definition) is 0. The first-order valence-corrected chi connectivity index (χ1v) is 10.6. The Morgan fingerprint density at radius 3 is 2.33 bits per heavy atom. The van der Waals surface area contributed by atoms with Crippen molar-refractivity contribution in [2.45, 2.75) is 32.0 Å². The minimum Gasteiger partial charge on any atom is -0.334 e. The predicted octanol–water partition coefficient (Wildman–Crippen LogP) is 3.01. The Bertz CT molecular complexity index is 912. The highest BCUT2D eigenvalue weighted by Crippen LogP contribution is 2.29. The molecule has 6 heteroatoms. The summed E-state index contributed by atoms with van der Waals surface area (Å²) in [6.07, 6.45) is 2.02. The molecule has 0 aromatic heterocycles. The summed E-state index contributed by atoms with van der Waals surface area (Å²) in [5.41, 5.74) is 2.46. The van der Waals surface area contributed by atoms with Gasteiger partial charge in [-0.1, -0.05) is 30.3 Å². The van der Waals surface area contributed by atoms with E-state index in [0.717, 1.165) is 45.6 Å². The van der Waals surface area contributed by atoms with Gasteiger partial charge >= 0.3 is 0 Å². The van der Waals surface area contributed by atoms with E-state index in [1.165, 1.54) is 11.6 Å². The van der Waals surface area contributed by atoms with Crippen LogP contribution in [0, 0.1) is 17.1 Å². The number of halogens is 1. The molecule has 1 heterocycles. The third-order valence-corrected chi connectivity index (χ3v) is 5.92. The topological polar surface area (TPSA) is 50.6 Å². The van der Waals surface area contributed by atoms with Gasteiger partial charge in [-0.2, -0.15) is 5.26 Å². The van der Waals surface area contributed by atoms with Crippen LogP contribution < -0.4 is 0 Å². The lowest BCUT2D eigenvalue weighted by molar-refractivity contribution is -0.134. The molecule has 0 radical (unpaired) electrons. The zero-order valence-corrected chi connectivity index (χ0v) is 17.1. The maximum absolute atomic E-state index is 14.1. The lowest BCUT2D eigenvalue weighted by Gasteiger charge is -2.35. The largest absolute Gasteiger partial charge is 0.334 e. The maximum Gasteiger partial charge on any atom is 0.237 e. The minimum absolute atomic E-state index is 0.0984. The Morgan fingerprint density at radius 1 is 1.03 bits per heavy atom. The molecule has 0 unspecified atom stereocenters. The second-order valence-electron chi connectivity index (χ2n) is 8.21. The number of carbonyl (C=O) groups excluding carboxylic acids is 1. The first-order valence-electron chi connectivity index (χ1n) is 10.6. The van der Waals surface area contributed by atoms with Crippen molar-refractivity contribution in [2.75, 3.05) is 32.7 Å². The summed E-state index contributed by atoms with van der Waals surface area (Å²) < 4.78 is 14.1. The third-order valence-electron chi connectivity index (χ3n) is 5.92. The highest BCUT2D eigenvalue weighted by Gasteiger charge is 2.34. The molecule has 156 valence electrons. The molecule has 4 rings (SSSR count). The van der Waals surface area contributed by atoms with E-state index in [-0.39, 0.29) is 17.8 Å². The Labute approximate surface area is 177 Å². The van der Waals surface area contributed by atoms with Gasteiger partial charge in [0.25, 0.3) is 0 Å². The second kappa shape index (κ2) is 9.38. The van der Waals surface area contributed by atoms with Crippen LogP contribution >= 0.6 is 0 Å². The zero-order valence-electron chi connectivity index (χ0n) is 17.1. The SMILES string of the molecule is N#Cc1ccc(CN2CCN(CC(=O)N(Cc3ccccc3F)C3CC3)CC2)cc1. The van der Waals surface area contributed by atoms with Crippen LogP contribution in [0.4, 0.5) is 4.39 Å². The van der Waals surface area contributed by atoms with Crippen LogP contribution in [0.5, 0.6) is 0 Å². The standard InChI is InChI=1S/C24H27FN4O/c25-23-4-2-1-3-21(23)17-29(22-9-10-22)24(30)18-28-13-11-27(12-14-28)16-20-7-5-19(15-26)6-8-20/h1-8,22H,9-14,16-18H2. The molecule has 0 bridgehead atoms. The van der Waals surface area contributed by atoms with Crippen LogP contribution in [0.3, 0.4) is 0 Å². The fraction of sp³-hybridized carbons (Fsp3) is 0.417. The van der Waals surface area contributed by atoms with Crippen LogP contribution in [-0.2, 0) is 17.9 Å². The number of carbonyl (C=O) groups is 1. The monoisotopic (exact) mass is 406 g/mol. The number of hydrogen-bond acceptors (Lipinski definition) is 4. The maximum atomic E-state index is 14.1. The van der Waals surface area contributed by atoms with E-state index in [1.807, 2.05) is 35.2 Å². The van der Waals surface area contributed by atoms with Crippen LogP contribution in [0.1, 0.15) is 29.5 Å². The molecule has 1 aliphatic carbocycles. The molecule has 5 nitrogen and oxygen atoms in total. The summed E-state index contributed by atoms with van der Waals surface area (Å²) in [4.78, 5) is 19.4. The molecule has 2 aromatic rings. The van der Waals surface area contributed by atoms with Gasteiger partial charge in [0, 0.05) is 50.9 Å². The smallest absolute Gasteiger partial charge is 0.237 e. The van der Waals surface area contributed by atoms with E-state index < -0.39 is 0 Å². The fourth-order valence-electron chi connectivity index (χ4n) is 3.95. The van der Waals surface area contributed by atoms with Gasteiger partial charge in [0.1, 0.15) is 5.82 Å². The number of nitrogens with zero attached hydrogens (tertiary/aromatic N) is 4. The predicted molar refractivity (Wildman–Crippen MR) is 113 cm³/mol. The Kier molecular flexibility index (Phi) is 6.41. The highest BCUT2D eigenvalue weighted by molar-refractivity contribution is 5.79. The summed E-state index contributed by atoms with van der Waals surface area (Å²) in [5, 5.41) is 8.91. The third kappa shape index (κ3) is 5.24. The van der Waals surface area contributed by atoms with E-state index in [1.54, 1.807) is 12.1 Å². The summed E-state index contributed by atoms with van der Waals surface area (Å²) in [7, 11) is 0. The van der Waals surface area contributed by atoms with Crippen molar-refractivity contribution in [3.05, 3.63) is 71.0 Å². The molecular weight excluding hydrogens is 379 g/mol. The molecule has 1 amide bonds. The zero-order chi connectivity index (χ0) is 20.9. The molecule has 2 aliphatic rings. The van der Waals surface area contributed by atoms with Crippen LogP contribution in [0.15, 0.2) is 48.5 Å². The van der Waals surface area contributed by atoms with Gasteiger partial charge in [-0.05, 0) is 36.6 Å². The van der Waals surface area contributed by atoms with Crippen molar-refractivity contribution in [1.82, 2.24) is 14.7 Å². The van der Waals surface area contributed by atoms with Crippen molar-refractivity contribution in [2.24, 2.45) is 0 Å². The van der Waals surface area contributed by atoms with E-state index >= 15 is 0 Å². The Balaban J connectivity index is 1.27. The first-order chi connectivity index (χ1) is 14.6. The van der Waals surface area contributed by atoms with E-state index in [2.05, 4.69) is 15.9 Å². The Hall–Kier alpha value is -2.75. The normalized spacial score (nSPS) is 17.5. The molecule has 0 N–H and O–H groups in total. The molecule has 0 atom stereocenters. The first kappa shape index (κ1) is 20.5. The number of amides is 1. The Morgan fingerprint density at radius 2 is 1.70 bits per heavy atom. The summed E-state index contributed by atoms with van der Waals surface area (Å²) >= 11 is 0. The minimum atomic E-state index is -0.243. The quantitative estimate of drug-likeness (QED) is 0.709. The van der Waals surface area contributed by atoms with Crippen molar-refractivity contribution >= 4 is 5.91 Å². The molecule has 30 heavy (non-hydrogen) atoms. The van der Waals surface area contributed by atoms with E-state index in [9.17, 15) is 9.18 Å². The number of nitriles is 1. The lowest BCUT2D eigenvalue weighted by atomic mass is 10.1. The van der Waals surface area contributed by atoms with Crippen molar-refractivity contribution < 1.29 is 9.18 Å². The van der Waals surface area contributed by atoms with E-state index in [0.29, 0.717) is 24.2 Å². The van der Waals surface area contributed by atoms with Crippen LogP contribution in [0.2, 0.25) is 0 Å². The highest BCUT2D eigenvalue weighted by atomic mass is 19.1.